The molecule has 0 radical (unpaired) electrons. The smallest absolute Gasteiger partial charge is 0.285 e. The molecule has 0 spiro atoms. The number of nitrogens with one attached hydrogen (secondary N) is 1. The van der Waals surface area contributed by atoms with Crippen molar-refractivity contribution >= 4 is 27.3 Å². The third kappa shape index (κ3) is 3.69. The highest BCUT2D eigenvalue weighted by Crippen LogP contribution is 2.37. The molecule has 1 atom stereocenters. The normalized spacial score (nSPS) is 21.9. The van der Waals surface area contributed by atoms with Gasteiger partial charge in [-0.2, -0.15) is 0 Å². The minimum Gasteiger partial charge on any atom is -0.382 e. The standard InChI is InChI=1S/C14H19BrN2O2/c1-14(2)7-3-4-11(9-14)16-10-5-6-12(15)13(8-10)17(18)19/h5-6,8,11,16H,3-4,7,9H2,1-2H3. The molecule has 0 saturated heterocycles. The second-order valence-electron chi connectivity index (χ2n) is 6.03. The summed E-state index contributed by atoms with van der Waals surface area (Å²) in [6, 6.07) is 5.63. The maximum Gasteiger partial charge on any atom is 0.285 e. The van der Waals surface area contributed by atoms with E-state index in [2.05, 4.69) is 35.1 Å². The van der Waals surface area contributed by atoms with E-state index in [0.29, 0.717) is 15.9 Å². The number of rotatable bonds is 3. The Hall–Kier alpha value is -1.10. The number of nitrogens with zero attached hydrogens (tertiary/aromatic N) is 1. The van der Waals surface area contributed by atoms with E-state index >= 15 is 0 Å². The largest absolute Gasteiger partial charge is 0.382 e. The van der Waals surface area contributed by atoms with Crippen molar-refractivity contribution in [1.82, 2.24) is 0 Å². The van der Waals surface area contributed by atoms with Crippen LogP contribution in [0.25, 0.3) is 0 Å². The molecule has 1 aromatic rings. The first kappa shape index (κ1) is 14.3. The van der Waals surface area contributed by atoms with Crippen molar-refractivity contribution in [1.29, 1.82) is 0 Å². The van der Waals surface area contributed by atoms with Crippen LogP contribution in [0.1, 0.15) is 39.5 Å². The first-order valence-electron chi connectivity index (χ1n) is 6.58. The van der Waals surface area contributed by atoms with E-state index in [9.17, 15) is 10.1 Å². The van der Waals surface area contributed by atoms with Crippen LogP contribution in [-0.2, 0) is 0 Å². The highest BCUT2D eigenvalue weighted by atomic mass is 79.9. The molecule has 2 rings (SSSR count). The lowest BCUT2D eigenvalue weighted by atomic mass is 9.75. The van der Waals surface area contributed by atoms with Gasteiger partial charge in [-0.05, 0) is 52.7 Å². The monoisotopic (exact) mass is 326 g/mol. The molecule has 1 unspecified atom stereocenters. The second kappa shape index (κ2) is 5.49. The Kier molecular flexibility index (Phi) is 4.13. The van der Waals surface area contributed by atoms with Gasteiger partial charge >= 0.3 is 0 Å². The Morgan fingerprint density at radius 2 is 2.21 bits per heavy atom. The van der Waals surface area contributed by atoms with Gasteiger partial charge in [0.25, 0.3) is 5.69 Å². The van der Waals surface area contributed by atoms with E-state index in [1.807, 2.05) is 6.07 Å². The molecule has 1 fully saturated rings. The molecule has 1 aromatic carbocycles. The molecular weight excluding hydrogens is 308 g/mol. The van der Waals surface area contributed by atoms with Gasteiger partial charge < -0.3 is 5.32 Å². The van der Waals surface area contributed by atoms with Gasteiger partial charge in [0, 0.05) is 17.8 Å². The first-order chi connectivity index (χ1) is 8.87. The molecule has 0 aliphatic heterocycles. The minimum absolute atomic E-state index is 0.111. The number of nitro groups is 1. The van der Waals surface area contributed by atoms with Gasteiger partial charge in [-0.15, -0.1) is 0 Å². The number of halogens is 1. The van der Waals surface area contributed by atoms with Crippen LogP contribution in [0.2, 0.25) is 0 Å². The zero-order valence-corrected chi connectivity index (χ0v) is 12.9. The van der Waals surface area contributed by atoms with Gasteiger partial charge in [0.05, 0.1) is 9.40 Å². The zero-order chi connectivity index (χ0) is 14.0. The summed E-state index contributed by atoms with van der Waals surface area (Å²) in [4.78, 5) is 10.6. The van der Waals surface area contributed by atoms with Crippen molar-refractivity contribution in [2.45, 2.75) is 45.6 Å². The SMILES string of the molecule is CC1(C)CCCC(Nc2ccc(Br)c([N+](=O)[O-])c2)C1. The summed E-state index contributed by atoms with van der Waals surface area (Å²) in [5, 5.41) is 14.4. The third-order valence-corrected chi connectivity index (χ3v) is 4.39. The average molecular weight is 327 g/mol. The summed E-state index contributed by atoms with van der Waals surface area (Å²) in [7, 11) is 0. The molecule has 5 heteroatoms. The number of anilines is 1. The van der Waals surface area contributed by atoms with Crippen molar-refractivity contribution in [3.8, 4) is 0 Å². The van der Waals surface area contributed by atoms with Crippen LogP contribution in [-0.4, -0.2) is 11.0 Å². The lowest BCUT2D eigenvalue weighted by Gasteiger charge is -2.36. The molecule has 1 aliphatic rings. The Morgan fingerprint density at radius 1 is 1.47 bits per heavy atom. The van der Waals surface area contributed by atoms with Gasteiger partial charge in [0.1, 0.15) is 0 Å². The zero-order valence-electron chi connectivity index (χ0n) is 11.3. The fourth-order valence-electron chi connectivity index (χ4n) is 2.80. The predicted octanol–water partition coefficient (Wildman–Crippen LogP) is 4.74. The van der Waals surface area contributed by atoms with Gasteiger partial charge in [0.2, 0.25) is 0 Å². The molecule has 1 aliphatic carbocycles. The van der Waals surface area contributed by atoms with Crippen LogP contribution < -0.4 is 5.32 Å². The quantitative estimate of drug-likeness (QED) is 0.644. The van der Waals surface area contributed by atoms with Gasteiger partial charge in [0.15, 0.2) is 0 Å². The third-order valence-electron chi connectivity index (χ3n) is 3.72. The number of nitro benzene ring substituents is 1. The lowest BCUT2D eigenvalue weighted by molar-refractivity contribution is -0.385. The van der Waals surface area contributed by atoms with E-state index in [4.69, 9.17) is 0 Å². The van der Waals surface area contributed by atoms with E-state index in [1.54, 1.807) is 12.1 Å². The predicted molar refractivity (Wildman–Crippen MR) is 80.5 cm³/mol. The van der Waals surface area contributed by atoms with Crippen LogP contribution in [0.3, 0.4) is 0 Å². The molecule has 104 valence electrons. The molecule has 0 bridgehead atoms. The molecule has 0 amide bonds. The van der Waals surface area contributed by atoms with Crippen LogP contribution in [0.15, 0.2) is 22.7 Å². The summed E-state index contributed by atoms with van der Waals surface area (Å²) >= 11 is 3.20. The summed E-state index contributed by atoms with van der Waals surface area (Å²) in [6.45, 7) is 4.57. The average Bonchev–Trinajstić information content (AvgIpc) is 2.30. The molecular formula is C14H19BrN2O2. The summed E-state index contributed by atoms with van der Waals surface area (Å²) in [5.74, 6) is 0. The number of benzene rings is 1. The molecule has 19 heavy (non-hydrogen) atoms. The Bertz CT molecular complexity index is 488. The maximum atomic E-state index is 10.9. The second-order valence-corrected chi connectivity index (χ2v) is 6.88. The first-order valence-corrected chi connectivity index (χ1v) is 7.37. The fourth-order valence-corrected chi connectivity index (χ4v) is 3.19. The Labute approximate surface area is 121 Å². The van der Waals surface area contributed by atoms with E-state index in [1.165, 1.54) is 12.8 Å². The maximum absolute atomic E-state index is 10.9. The highest BCUT2D eigenvalue weighted by molar-refractivity contribution is 9.10. The van der Waals surface area contributed by atoms with Gasteiger partial charge in [-0.3, -0.25) is 10.1 Å². The van der Waals surface area contributed by atoms with Crippen LogP contribution in [0, 0.1) is 15.5 Å². The van der Waals surface area contributed by atoms with Crippen molar-refractivity contribution in [3.05, 3.63) is 32.8 Å². The van der Waals surface area contributed by atoms with Crippen molar-refractivity contribution < 1.29 is 4.92 Å². The van der Waals surface area contributed by atoms with E-state index in [0.717, 1.165) is 18.5 Å². The van der Waals surface area contributed by atoms with Gasteiger partial charge in [-0.25, -0.2) is 0 Å². The van der Waals surface area contributed by atoms with E-state index < -0.39 is 0 Å². The summed E-state index contributed by atoms with van der Waals surface area (Å²) < 4.78 is 0.520. The van der Waals surface area contributed by atoms with Crippen molar-refractivity contribution in [2.24, 2.45) is 5.41 Å². The van der Waals surface area contributed by atoms with Crippen LogP contribution >= 0.6 is 15.9 Å². The highest BCUT2D eigenvalue weighted by Gasteiger charge is 2.28. The van der Waals surface area contributed by atoms with Crippen molar-refractivity contribution in [2.75, 3.05) is 5.32 Å². The minimum atomic E-state index is -0.361. The van der Waals surface area contributed by atoms with Crippen molar-refractivity contribution in [3.63, 3.8) is 0 Å². The Morgan fingerprint density at radius 3 is 2.84 bits per heavy atom. The van der Waals surface area contributed by atoms with Crippen LogP contribution in [0.5, 0.6) is 0 Å². The molecule has 1 saturated carbocycles. The number of hydrogen-bond acceptors (Lipinski definition) is 3. The molecule has 4 nitrogen and oxygen atoms in total. The summed E-state index contributed by atoms with van der Waals surface area (Å²) in [5.41, 5.74) is 1.30. The van der Waals surface area contributed by atoms with Gasteiger partial charge in [-0.1, -0.05) is 20.3 Å². The molecule has 1 N–H and O–H groups in total. The fraction of sp³-hybridized carbons (Fsp3) is 0.571. The molecule has 0 aromatic heterocycles. The number of hydrogen-bond donors (Lipinski definition) is 1. The molecule has 0 heterocycles. The van der Waals surface area contributed by atoms with Crippen LogP contribution in [0.4, 0.5) is 11.4 Å². The topological polar surface area (TPSA) is 55.2 Å². The summed E-state index contributed by atoms with van der Waals surface area (Å²) in [6.07, 6.45) is 4.71. The Balaban J connectivity index is 2.11. The lowest BCUT2D eigenvalue weighted by Crippen LogP contribution is -2.31. The van der Waals surface area contributed by atoms with E-state index in [-0.39, 0.29) is 10.6 Å².